The molecule has 29 heavy (non-hydrogen) atoms. The minimum atomic E-state index is -0.812. The Kier molecular flexibility index (Phi) is 5.17. The molecule has 0 aliphatic rings. The number of primary amides is 1. The van der Waals surface area contributed by atoms with Crippen LogP contribution in [0.4, 0.5) is 0 Å². The Morgan fingerprint density at radius 2 is 1.83 bits per heavy atom. The second-order valence-electron chi connectivity index (χ2n) is 6.55. The standard InChI is InChI=1S/C21H19N5O3/c22-20(28)15-8-10-16(11-9-15)21-23-25-26(24-21)12-17(27)13-29-19-7-3-5-14-4-1-2-6-18(14)19/h1-11,17,27H,12-13H2,(H2,22,28). The number of nitrogens with two attached hydrogens (primary N) is 1. The van der Waals surface area contributed by atoms with Gasteiger partial charge in [-0.3, -0.25) is 4.79 Å². The highest BCUT2D eigenvalue weighted by Gasteiger charge is 2.12. The van der Waals surface area contributed by atoms with Gasteiger partial charge in [-0.05, 0) is 28.8 Å². The number of nitrogens with zero attached hydrogens (tertiary/aromatic N) is 4. The second kappa shape index (κ2) is 8.07. The molecule has 0 radical (unpaired) electrons. The zero-order chi connectivity index (χ0) is 20.2. The van der Waals surface area contributed by atoms with Gasteiger partial charge in [-0.15, -0.1) is 10.2 Å². The molecular weight excluding hydrogens is 370 g/mol. The molecule has 0 bridgehead atoms. The fraction of sp³-hybridized carbons (Fsp3) is 0.143. The normalized spacial score (nSPS) is 12.0. The maximum absolute atomic E-state index is 11.1. The first-order chi connectivity index (χ1) is 14.1. The summed E-state index contributed by atoms with van der Waals surface area (Å²) in [7, 11) is 0. The average Bonchev–Trinajstić information content (AvgIpc) is 3.20. The van der Waals surface area contributed by atoms with Crippen LogP contribution in [-0.2, 0) is 6.54 Å². The molecule has 0 spiro atoms. The number of aromatic nitrogens is 4. The smallest absolute Gasteiger partial charge is 0.248 e. The molecule has 4 rings (SSSR count). The lowest BCUT2D eigenvalue weighted by molar-refractivity contribution is 0.0857. The molecule has 0 saturated carbocycles. The number of amides is 1. The number of aliphatic hydroxyl groups is 1. The molecule has 1 unspecified atom stereocenters. The molecule has 146 valence electrons. The van der Waals surface area contributed by atoms with Crippen molar-refractivity contribution >= 4 is 16.7 Å². The van der Waals surface area contributed by atoms with Gasteiger partial charge in [0.25, 0.3) is 0 Å². The summed E-state index contributed by atoms with van der Waals surface area (Å²) in [6, 6.07) is 20.3. The van der Waals surface area contributed by atoms with Crippen LogP contribution in [0.15, 0.2) is 66.7 Å². The minimum absolute atomic E-state index is 0.0954. The highest BCUT2D eigenvalue weighted by Crippen LogP contribution is 2.25. The zero-order valence-corrected chi connectivity index (χ0v) is 15.5. The molecule has 0 saturated heterocycles. The Balaban J connectivity index is 1.39. The quantitative estimate of drug-likeness (QED) is 0.500. The third-order valence-corrected chi connectivity index (χ3v) is 4.44. The maximum atomic E-state index is 11.1. The van der Waals surface area contributed by atoms with Crippen molar-refractivity contribution in [3.8, 4) is 17.1 Å². The first-order valence-electron chi connectivity index (χ1n) is 9.07. The van der Waals surface area contributed by atoms with Gasteiger partial charge in [0.15, 0.2) is 0 Å². The summed E-state index contributed by atoms with van der Waals surface area (Å²) in [6.07, 6.45) is -0.812. The average molecular weight is 389 g/mol. The van der Waals surface area contributed by atoms with E-state index < -0.39 is 12.0 Å². The van der Waals surface area contributed by atoms with E-state index in [1.807, 2.05) is 42.5 Å². The first kappa shape index (κ1) is 18.6. The van der Waals surface area contributed by atoms with Gasteiger partial charge in [-0.25, -0.2) is 0 Å². The Bertz CT molecular complexity index is 1140. The van der Waals surface area contributed by atoms with Gasteiger partial charge in [0.1, 0.15) is 18.5 Å². The Morgan fingerprint density at radius 3 is 2.62 bits per heavy atom. The molecule has 0 fully saturated rings. The summed E-state index contributed by atoms with van der Waals surface area (Å²) in [5, 5.41) is 24.6. The zero-order valence-electron chi connectivity index (χ0n) is 15.5. The lowest BCUT2D eigenvalue weighted by atomic mass is 10.1. The SMILES string of the molecule is NC(=O)c1ccc(-c2nnn(CC(O)COc3cccc4ccccc34)n2)cc1. The van der Waals surface area contributed by atoms with E-state index in [0.29, 0.717) is 22.7 Å². The van der Waals surface area contributed by atoms with Crippen molar-refractivity contribution in [2.45, 2.75) is 12.6 Å². The number of hydrogen-bond acceptors (Lipinski definition) is 6. The van der Waals surface area contributed by atoms with Crippen molar-refractivity contribution in [2.75, 3.05) is 6.61 Å². The predicted molar refractivity (Wildman–Crippen MR) is 107 cm³/mol. The number of carbonyl (C=O) groups excluding carboxylic acids is 1. The van der Waals surface area contributed by atoms with Gasteiger partial charge in [-0.2, -0.15) is 4.80 Å². The minimum Gasteiger partial charge on any atom is -0.490 e. The Labute approximate surface area is 166 Å². The van der Waals surface area contributed by atoms with Gasteiger partial charge in [0.2, 0.25) is 11.7 Å². The van der Waals surface area contributed by atoms with E-state index in [0.717, 1.165) is 10.8 Å². The van der Waals surface area contributed by atoms with Crippen molar-refractivity contribution in [3.63, 3.8) is 0 Å². The van der Waals surface area contributed by atoms with Crippen LogP contribution < -0.4 is 10.5 Å². The first-order valence-corrected chi connectivity index (χ1v) is 9.07. The van der Waals surface area contributed by atoms with E-state index in [1.54, 1.807) is 24.3 Å². The number of aliphatic hydroxyl groups excluding tert-OH is 1. The largest absolute Gasteiger partial charge is 0.490 e. The van der Waals surface area contributed by atoms with Gasteiger partial charge in [0.05, 0.1) is 6.54 Å². The molecular formula is C21H19N5O3. The molecule has 3 aromatic carbocycles. The lowest BCUT2D eigenvalue weighted by Gasteiger charge is -2.13. The van der Waals surface area contributed by atoms with Crippen molar-refractivity contribution in [3.05, 3.63) is 72.3 Å². The van der Waals surface area contributed by atoms with Crippen molar-refractivity contribution in [1.82, 2.24) is 20.2 Å². The number of carbonyl (C=O) groups is 1. The molecule has 3 N–H and O–H groups in total. The summed E-state index contributed by atoms with van der Waals surface area (Å²) in [5.41, 5.74) is 6.34. The Hall–Kier alpha value is -3.78. The monoisotopic (exact) mass is 389 g/mol. The number of hydrogen-bond donors (Lipinski definition) is 2. The van der Waals surface area contributed by atoms with Crippen molar-refractivity contribution in [1.29, 1.82) is 0 Å². The summed E-state index contributed by atoms with van der Waals surface area (Å²) in [5.74, 6) is 0.606. The summed E-state index contributed by atoms with van der Waals surface area (Å²) in [6.45, 7) is 0.231. The highest BCUT2D eigenvalue weighted by atomic mass is 16.5. The van der Waals surface area contributed by atoms with E-state index in [9.17, 15) is 9.90 Å². The fourth-order valence-electron chi connectivity index (χ4n) is 2.97. The number of fused-ring (bicyclic) bond motifs is 1. The molecule has 0 aliphatic heterocycles. The van der Waals surface area contributed by atoms with E-state index in [-0.39, 0.29) is 13.2 Å². The fourth-order valence-corrected chi connectivity index (χ4v) is 2.97. The van der Waals surface area contributed by atoms with Crippen LogP contribution in [-0.4, -0.2) is 43.9 Å². The number of ether oxygens (including phenoxy) is 1. The Morgan fingerprint density at radius 1 is 1.07 bits per heavy atom. The van der Waals surface area contributed by atoms with Gasteiger partial charge < -0.3 is 15.6 Å². The summed E-state index contributed by atoms with van der Waals surface area (Å²) in [4.78, 5) is 12.5. The van der Waals surface area contributed by atoms with Crippen LogP contribution in [0.2, 0.25) is 0 Å². The highest BCUT2D eigenvalue weighted by molar-refractivity contribution is 5.93. The third-order valence-electron chi connectivity index (χ3n) is 4.44. The second-order valence-corrected chi connectivity index (χ2v) is 6.55. The number of rotatable bonds is 7. The molecule has 1 atom stereocenters. The van der Waals surface area contributed by atoms with Crippen LogP contribution in [0.25, 0.3) is 22.2 Å². The summed E-state index contributed by atoms with van der Waals surface area (Å²) < 4.78 is 5.80. The number of benzene rings is 3. The molecule has 4 aromatic rings. The van der Waals surface area contributed by atoms with Crippen LogP contribution >= 0.6 is 0 Å². The lowest BCUT2D eigenvalue weighted by Crippen LogP contribution is -2.25. The molecule has 1 amide bonds. The molecule has 8 nitrogen and oxygen atoms in total. The van der Waals surface area contributed by atoms with E-state index in [4.69, 9.17) is 10.5 Å². The van der Waals surface area contributed by atoms with Gasteiger partial charge >= 0.3 is 0 Å². The van der Waals surface area contributed by atoms with Gasteiger partial charge in [-0.1, -0.05) is 48.5 Å². The van der Waals surface area contributed by atoms with E-state index in [1.165, 1.54) is 4.80 Å². The van der Waals surface area contributed by atoms with Crippen LogP contribution in [0.3, 0.4) is 0 Å². The third kappa shape index (κ3) is 4.22. The van der Waals surface area contributed by atoms with Crippen molar-refractivity contribution in [2.24, 2.45) is 5.73 Å². The van der Waals surface area contributed by atoms with E-state index in [2.05, 4.69) is 15.4 Å². The summed E-state index contributed by atoms with van der Waals surface area (Å²) >= 11 is 0. The van der Waals surface area contributed by atoms with E-state index >= 15 is 0 Å². The van der Waals surface area contributed by atoms with Crippen LogP contribution in [0, 0.1) is 0 Å². The van der Waals surface area contributed by atoms with Crippen LogP contribution in [0.1, 0.15) is 10.4 Å². The molecule has 1 aromatic heterocycles. The molecule has 1 heterocycles. The maximum Gasteiger partial charge on any atom is 0.248 e. The van der Waals surface area contributed by atoms with Gasteiger partial charge in [0, 0.05) is 16.5 Å². The topological polar surface area (TPSA) is 116 Å². The molecule has 0 aliphatic carbocycles. The predicted octanol–water partition coefficient (Wildman–Crippen LogP) is 2.03. The van der Waals surface area contributed by atoms with Crippen molar-refractivity contribution < 1.29 is 14.6 Å². The van der Waals surface area contributed by atoms with Crippen LogP contribution in [0.5, 0.6) is 5.75 Å². The molecule has 8 heteroatoms. The number of tetrazole rings is 1.